The fourth-order valence-electron chi connectivity index (χ4n) is 2.01. The molecule has 1 amide bonds. The molecular formula is C13H26N2OS. The Labute approximate surface area is 110 Å². The van der Waals surface area contributed by atoms with E-state index < -0.39 is 0 Å². The average Bonchev–Trinajstić information content (AvgIpc) is 2.34. The van der Waals surface area contributed by atoms with Crippen LogP contribution >= 0.6 is 11.8 Å². The van der Waals surface area contributed by atoms with Gasteiger partial charge in [-0.1, -0.05) is 13.8 Å². The number of piperidine rings is 1. The predicted octanol–water partition coefficient (Wildman–Crippen LogP) is 1.98. The lowest BCUT2D eigenvalue weighted by atomic mass is 10.1. The van der Waals surface area contributed by atoms with E-state index in [0.29, 0.717) is 17.7 Å². The van der Waals surface area contributed by atoms with Crippen molar-refractivity contribution in [1.82, 2.24) is 10.2 Å². The van der Waals surface area contributed by atoms with Gasteiger partial charge in [-0.2, -0.15) is 11.8 Å². The van der Waals surface area contributed by atoms with Crippen LogP contribution in [0.25, 0.3) is 0 Å². The van der Waals surface area contributed by atoms with Crippen molar-refractivity contribution >= 4 is 17.7 Å². The Morgan fingerprint density at radius 3 is 2.94 bits per heavy atom. The van der Waals surface area contributed by atoms with Crippen LogP contribution in [0.2, 0.25) is 0 Å². The molecule has 1 aliphatic heterocycles. The number of thioether (sulfide) groups is 1. The first kappa shape index (κ1) is 14.8. The topological polar surface area (TPSA) is 32.3 Å². The lowest BCUT2D eigenvalue weighted by Crippen LogP contribution is -2.47. The normalized spacial score (nSPS) is 20.9. The smallest absolute Gasteiger partial charge is 0.232 e. The molecule has 0 aliphatic carbocycles. The molecule has 0 aromatic carbocycles. The third-order valence-electron chi connectivity index (χ3n) is 3.25. The molecule has 0 aromatic heterocycles. The summed E-state index contributed by atoms with van der Waals surface area (Å²) in [5.74, 6) is 2.82. The molecule has 0 aromatic rings. The number of hydrogen-bond donors (Lipinski definition) is 1. The number of amides is 1. The van der Waals surface area contributed by atoms with Gasteiger partial charge in [0.2, 0.25) is 5.91 Å². The highest BCUT2D eigenvalue weighted by Crippen LogP contribution is 2.13. The number of nitrogens with one attached hydrogen (secondary N) is 1. The highest BCUT2D eigenvalue weighted by atomic mass is 32.2. The van der Waals surface area contributed by atoms with Gasteiger partial charge in [0.15, 0.2) is 0 Å². The van der Waals surface area contributed by atoms with Gasteiger partial charge >= 0.3 is 0 Å². The number of nitrogens with zero attached hydrogens (tertiary/aromatic N) is 1. The van der Waals surface area contributed by atoms with E-state index >= 15 is 0 Å². The molecule has 0 spiro atoms. The third-order valence-corrected chi connectivity index (χ3v) is 4.22. The van der Waals surface area contributed by atoms with Crippen LogP contribution < -0.4 is 5.32 Å². The van der Waals surface area contributed by atoms with Gasteiger partial charge in [-0.15, -0.1) is 0 Å². The summed E-state index contributed by atoms with van der Waals surface area (Å²) in [4.78, 5) is 14.0. The Bertz CT molecular complexity index is 233. The Balaban J connectivity index is 2.18. The molecule has 1 heterocycles. The van der Waals surface area contributed by atoms with Gasteiger partial charge in [-0.05, 0) is 38.0 Å². The molecule has 1 atom stereocenters. The summed E-state index contributed by atoms with van der Waals surface area (Å²) in [5, 5.41) is 3.27. The highest BCUT2D eigenvalue weighted by molar-refractivity contribution is 7.99. The Kier molecular flexibility index (Phi) is 6.97. The second-order valence-corrected chi connectivity index (χ2v) is 6.31. The standard InChI is InChI=1S/C13H26N2OS/c1-11(2)6-8-17-10-13(16)15-7-4-5-12(9-15)14-3/h11-12,14H,4-10H2,1-3H3. The summed E-state index contributed by atoms with van der Waals surface area (Å²) in [7, 11) is 1.98. The summed E-state index contributed by atoms with van der Waals surface area (Å²) in [6.07, 6.45) is 3.53. The van der Waals surface area contributed by atoms with Gasteiger partial charge < -0.3 is 10.2 Å². The molecule has 0 radical (unpaired) electrons. The number of rotatable bonds is 6. The predicted molar refractivity (Wildman–Crippen MR) is 75.4 cm³/mol. The molecule has 17 heavy (non-hydrogen) atoms. The zero-order valence-electron chi connectivity index (χ0n) is 11.4. The van der Waals surface area contributed by atoms with E-state index in [1.165, 1.54) is 12.8 Å². The number of likely N-dealkylation sites (N-methyl/N-ethyl adjacent to an activating group) is 1. The molecular weight excluding hydrogens is 232 g/mol. The van der Waals surface area contributed by atoms with Gasteiger partial charge in [0.1, 0.15) is 0 Å². The Hall–Kier alpha value is -0.220. The van der Waals surface area contributed by atoms with Crippen LogP contribution in [-0.4, -0.2) is 48.5 Å². The number of carbonyl (C=O) groups excluding carboxylic acids is 1. The van der Waals surface area contributed by atoms with Crippen molar-refractivity contribution in [3.63, 3.8) is 0 Å². The van der Waals surface area contributed by atoms with Gasteiger partial charge in [0.05, 0.1) is 5.75 Å². The quantitative estimate of drug-likeness (QED) is 0.739. The zero-order valence-corrected chi connectivity index (χ0v) is 12.2. The summed E-state index contributed by atoms with van der Waals surface area (Å²) < 4.78 is 0. The van der Waals surface area contributed by atoms with E-state index in [9.17, 15) is 4.79 Å². The first-order valence-electron chi connectivity index (χ1n) is 6.66. The lowest BCUT2D eigenvalue weighted by Gasteiger charge is -2.32. The first-order chi connectivity index (χ1) is 8.13. The second-order valence-electron chi connectivity index (χ2n) is 5.20. The van der Waals surface area contributed by atoms with E-state index in [4.69, 9.17) is 0 Å². The summed E-state index contributed by atoms with van der Waals surface area (Å²) in [6.45, 7) is 6.29. The van der Waals surface area contributed by atoms with Crippen molar-refractivity contribution in [3.05, 3.63) is 0 Å². The maximum absolute atomic E-state index is 12.0. The fraction of sp³-hybridized carbons (Fsp3) is 0.923. The SMILES string of the molecule is CNC1CCCN(C(=O)CSCCC(C)C)C1. The highest BCUT2D eigenvalue weighted by Gasteiger charge is 2.21. The molecule has 1 rings (SSSR count). The van der Waals surface area contributed by atoms with Gasteiger partial charge in [-0.25, -0.2) is 0 Å². The van der Waals surface area contributed by atoms with Crippen molar-refractivity contribution in [2.24, 2.45) is 5.92 Å². The molecule has 100 valence electrons. The molecule has 1 unspecified atom stereocenters. The van der Waals surface area contributed by atoms with Crippen LogP contribution in [0.5, 0.6) is 0 Å². The lowest BCUT2D eigenvalue weighted by molar-refractivity contribution is -0.129. The third kappa shape index (κ3) is 5.77. The van der Waals surface area contributed by atoms with Crippen molar-refractivity contribution in [3.8, 4) is 0 Å². The molecule has 1 N–H and O–H groups in total. The first-order valence-corrected chi connectivity index (χ1v) is 7.81. The van der Waals surface area contributed by atoms with Crippen molar-refractivity contribution in [1.29, 1.82) is 0 Å². The van der Waals surface area contributed by atoms with Gasteiger partial charge in [0, 0.05) is 19.1 Å². The van der Waals surface area contributed by atoms with Crippen molar-refractivity contribution in [2.45, 2.75) is 39.2 Å². The maximum Gasteiger partial charge on any atom is 0.232 e. The second kappa shape index (κ2) is 7.98. The van der Waals surface area contributed by atoms with E-state index in [2.05, 4.69) is 19.2 Å². The monoisotopic (exact) mass is 258 g/mol. The van der Waals surface area contributed by atoms with Crippen LogP contribution in [-0.2, 0) is 4.79 Å². The van der Waals surface area contributed by atoms with Gasteiger partial charge in [-0.3, -0.25) is 4.79 Å². The van der Waals surface area contributed by atoms with E-state index in [1.54, 1.807) is 11.8 Å². The minimum absolute atomic E-state index is 0.318. The minimum atomic E-state index is 0.318. The number of hydrogen-bond acceptors (Lipinski definition) is 3. The van der Waals surface area contributed by atoms with E-state index in [1.807, 2.05) is 11.9 Å². The maximum atomic E-state index is 12.0. The number of likely N-dealkylation sites (tertiary alicyclic amines) is 1. The van der Waals surface area contributed by atoms with Crippen LogP contribution in [0, 0.1) is 5.92 Å². The van der Waals surface area contributed by atoms with Crippen molar-refractivity contribution in [2.75, 3.05) is 31.6 Å². The summed E-state index contributed by atoms with van der Waals surface area (Å²) in [5.41, 5.74) is 0. The zero-order chi connectivity index (χ0) is 12.7. The minimum Gasteiger partial charge on any atom is -0.340 e. The van der Waals surface area contributed by atoms with Crippen LogP contribution in [0.15, 0.2) is 0 Å². The van der Waals surface area contributed by atoms with Crippen LogP contribution in [0.4, 0.5) is 0 Å². The molecule has 3 nitrogen and oxygen atoms in total. The Morgan fingerprint density at radius 2 is 2.29 bits per heavy atom. The van der Waals surface area contributed by atoms with E-state index in [0.717, 1.165) is 31.2 Å². The molecule has 1 fully saturated rings. The van der Waals surface area contributed by atoms with E-state index in [-0.39, 0.29) is 0 Å². The molecule has 0 bridgehead atoms. The average molecular weight is 258 g/mol. The molecule has 0 saturated carbocycles. The van der Waals surface area contributed by atoms with Crippen LogP contribution in [0.3, 0.4) is 0 Å². The molecule has 1 aliphatic rings. The fourth-order valence-corrected chi connectivity index (χ4v) is 3.15. The largest absolute Gasteiger partial charge is 0.340 e. The van der Waals surface area contributed by atoms with Gasteiger partial charge in [0.25, 0.3) is 0 Å². The molecule has 1 saturated heterocycles. The summed E-state index contributed by atoms with van der Waals surface area (Å²) in [6, 6.07) is 0.494. The number of carbonyl (C=O) groups is 1. The van der Waals surface area contributed by atoms with Crippen molar-refractivity contribution < 1.29 is 4.79 Å². The summed E-state index contributed by atoms with van der Waals surface area (Å²) >= 11 is 1.78. The molecule has 4 heteroatoms. The Morgan fingerprint density at radius 1 is 1.53 bits per heavy atom. The van der Waals surface area contributed by atoms with Crippen LogP contribution in [0.1, 0.15) is 33.1 Å².